The van der Waals surface area contributed by atoms with Gasteiger partial charge in [-0.25, -0.2) is 0 Å². The van der Waals surface area contributed by atoms with E-state index >= 15 is 0 Å². The molecule has 0 aliphatic carbocycles. The number of amidine groups is 1. The highest BCUT2D eigenvalue weighted by Crippen LogP contribution is 2.24. The summed E-state index contributed by atoms with van der Waals surface area (Å²) in [6, 6.07) is 26.5. The van der Waals surface area contributed by atoms with Gasteiger partial charge in [0.2, 0.25) is 0 Å². The van der Waals surface area contributed by atoms with Crippen LogP contribution in [-0.4, -0.2) is 42.7 Å². The molecule has 4 aromatic rings. The summed E-state index contributed by atoms with van der Waals surface area (Å²) >= 11 is 0. The third-order valence-corrected chi connectivity index (χ3v) is 6.09. The monoisotopic (exact) mass is 466 g/mol. The van der Waals surface area contributed by atoms with Gasteiger partial charge in [-0.3, -0.25) is 15.0 Å². The molecule has 2 heterocycles. The van der Waals surface area contributed by atoms with Gasteiger partial charge in [-0.15, -0.1) is 0 Å². The maximum atomic E-state index is 12.6. The zero-order valence-electron chi connectivity index (χ0n) is 19.5. The summed E-state index contributed by atoms with van der Waals surface area (Å²) in [7, 11) is 0. The molecule has 3 aromatic carbocycles. The molecule has 0 atom stereocenters. The molecule has 1 aromatic heterocycles. The van der Waals surface area contributed by atoms with Crippen molar-refractivity contribution < 1.29 is 9.21 Å². The summed E-state index contributed by atoms with van der Waals surface area (Å²) in [5.74, 6) is 0.783. The Labute approximate surface area is 203 Å². The molecule has 0 spiro atoms. The second-order valence-corrected chi connectivity index (χ2v) is 8.46. The van der Waals surface area contributed by atoms with Gasteiger partial charge >= 0.3 is 0 Å². The minimum atomic E-state index is -0.110. The molecular formula is C28H26N4O3. The number of nitrogens with zero attached hydrogens (tertiary/aromatic N) is 3. The average molecular weight is 467 g/mol. The van der Waals surface area contributed by atoms with Crippen molar-refractivity contribution in [3.8, 4) is 11.3 Å². The van der Waals surface area contributed by atoms with E-state index in [1.807, 2.05) is 53.4 Å². The summed E-state index contributed by atoms with van der Waals surface area (Å²) in [4.78, 5) is 29.3. The van der Waals surface area contributed by atoms with Crippen molar-refractivity contribution in [3.63, 3.8) is 0 Å². The van der Waals surface area contributed by atoms with Gasteiger partial charge in [-0.1, -0.05) is 48.5 Å². The summed E-state index contributed by atoms with van der Waals surface area (Å²) < 4.78 is 6.02. The number of piperazine rings is 1. The number of fused-ring (bicyclic) bond motifs is 1. The fourth-order valence-corrected chi connectivity index (χ4v) is 4.27. The second-order valence-electron chi connectivity index (χ2n) is 8.46. The predicted molar refractivity (Wildman–Crippen MR) is 140 cm³/mol. The molecule has 1 aliphatic rings. The SMILES string of the molecule is CC(=O)/C(=N/Nc1ccc2c(=O)cc(-c3ccccc3)oc2c1)N1CCN(c2ccccc2)CC1. The van der Waals surface area contributed by atoms with Crippen molar-refractivity contribution in [1.29, 1.82) is 0 Å². The van der Waals surface area contributed by atoms with Crippen LogP contribution < -0.4 is 15.8 Å². The van der Waals surface area contributed by atoms with Gasteiger partial charge in [0.25, 0.3) is 0 Å². The normalized spacial score (nSPS) is 14.3. The molecule has 176 valence electrons. The van der Waals surface area contributed by atoms with Gasteiger partial charge in [0.1, 0.15) is 11.3 Å². The van der Waals surface area contributed by atoms with Crippen LogP contribution in [0.1, 0.15) is 6.92 Å². The maximum Gasteiger partial charge on any atom is 0.196 e. The van der Waals surface area contributed by atoms with Gasteiger partial charge < -0.3 is 14.2 Å². The van der Waals surface area contributed by atoms with Crippen LogP contribution in [0.4, 0.5) is 11.4 Å². The molecule has 0 amide bonds. The predicted octanol–water partition coefficient (Wildman–Crippen LogP) is 4.60. The van der Waals surface area contributed by atoms with Crippen LogP contribution in [0.15, 0.2) is 99.2 Å². The largest absolute Gasteiger partial charge is 0.456 e. The third kappa shape index (κ3) is 4.94. The maximum absolute atomic E-state index is 12.6. The lowest BCUT2D eigenvalue weighted by Crippen LogP contribution is -2.50. The number of carbonyl (C=O) groups excluding carboxylic acids is 1. The van der Waals surface area contributed by atoms with Gasteiger partial charge in [-0.2, -0.15) is 5.10 Å². The number of hydrogen-bond donors (Lipinski definition) is 1. The summed E-state index contributed by atoms with van der Waals surface area (Å²) in [6.07, 6.45) is 0. The number of rotatable bonds is 5. The first-order valence-corrected chi connectivity index (χ1v) is 11.6. The van der Waals surface area contributed by atoms with E-state index in [9.17, 15) is 9.59 Å². The smallest absolute Gasteiger partial charge is 0.196 e. The Bertz CT molecular complexity index is 1420. The molecule has 7 nitrogen and oxygen atoms in total. The van der Waals surface area contributed by atoms with Crippen LogP contribution >= 0.6 is 0 Å². The number of hydrogen-bond acceptors (Lipinski definition) is 6. The number of para-hydroxylation sites is 1. The average Bonchev–Trinajstić information content (AvgIpc) is 2.90. The molecule has 0 radical (unpaired) electrons. The van der Waals surface area contributed by atoms with E-state index in [1.165, 1.54) is 18.7 Å². The van der Waals surface area contributed by atoms with Crippen molar-refractivity contribution >= 4 is 34.0 Å². The first-order chi connectivity index (χ1) is 17.1. The van der Waals surface area contributed by atoms with E-state index in [2.05, 4.69) is 27.6 Å². The minimum absolute atomic E-state index is 0.107. The van der Waals surface area contributed by atoms with E-state index in [-0.39, 0.29) is 11.2 Å². The Morgan fingerprint density at radius 3 is 2.26 bits per heavy atom. The lowest BCUT2D eigenvalue weighted by Gasteiger charge is -2.37. The highest BCUT2D eigenvalue weighted by Gasteiger charge is 2.22. The third-order valence-electron chi connectivity index (χ3n) is 6.09. The fourth-order valence-electron chi connectivity index (χ4n) is 4.27. The van der Waals surface area contributed by atoms with E-state index in [1.54, 1.807) is 18.2 Å². The standard InChI is InChI=1S/C28H26N4O3/c1-20(33)28(32-16-14-31(15-17-32)23-10-6-3-7-11-23)30-29-22-12-13-24-25(34)19-26(35-27(24)18-22)21-8-4-2-5-9-21/h2-13,18-19,29H,14-17H2,1H3/b30-28-. The molecule has 0 bridgehead atoms. The number of Topliss-reactive ketones (excluding diaryl/α,β-unsaturated/α-hetero) is 1. The van der Waals surface area contributed by atoms with Crippen LogP contribution in [0.3, 0.4) is 0 Å². The summed E-state index contributed by atoms with van der Waals surface area (Å²) in [5.41, 5.74) is 5.97. The lowest BCUT2D eigenvalue weighted by atomic mass is 10.1. The minimum Gasteiger partial charge on any atom is -0.456 e. The Morgan fingerprint density at radius 2 is 1.57 bits per heavy atom. The Kier molecular flexibility index (Phi) is 6.30. The molecule has 7 heteroatoms. The number of ketones is 1. The van der Waals surface area contributed by atoms with Crippen molar-refractivity contribution in [1.82, 2.24) is 4.90 Å². The van der Waals surface area contributed by atoms with Crippen molar-refractivity contribution in [2.24, 2.45) is 5.10 Å². The molecule has 0 saturated carbocycles. The highest BCUT2D eigenvalue weighted by molar-refractivity contribution is 6.38. The van der Waals surface area contributed by atoms with Gasteiger partial charge in [0.15, 0.2) is 17.0 Å². The van der Waals surface area contributed by atoms with Gasteiger partial charge in [0.05, 0.1) is 11.1 Å². The molecule has 5 rings (SSSR count). The summed E-state index contributed by atoms with van der Waals surface area (Å²) in [5, 5.41) is 4.92. The molecule has 1 N–H and O–H groups in total. The molecule has 0 unspecified atom stereocenters. The van der Waals surface area contributed by atoms with Crippen molar-refractivity contribution in [3.05, 3.63) is 95.2 Å². The molecule has 1 fully saturated rings. The zero-order valence-corrected chi connectivity index (χ0v) is 19.5. The van der Waals surface area contributed by atoms with Gasteiger partial charge in [0, 0.05) is 56.5 Å². The first-order valence-electron chi connectivity index (χ1n) is 11.6. The topological polar surface area (TPSA) is 78.1 Å². The van der Waals surface area contributed by atoms with Crippen LogP contribution in [0.2, 0.25) is 0 Å². The van der Waals surface area contributed by atoms with E-state index in [0.717, 1.165) is 18.7 Å². The highest BCUT2D eigenvalue weighted by atomic mass is 16.3. The second kappa shape index (κ2) is 9.85. The Hall–Kier alpha value is -4.39. The van der Waals surface area contributed by atoms with Crippen LogP contribution in [0, 0.1) is 0 Å². The molecule has 1 aliphatic heterocycles. The van der Waals surface area contributed by atoms with E-state index < -0.39 is 0 Å². The van der Waals surface area contributed by atoms with E-state index in [4.69, 9.17) is 4.42 Å². The zero-order chi connectivity index (χ0) is 24.2. The first kappa shape index (κ1) is 22.4. The molecule has 1 saturated heterocycles. The molecule has 35 heavy (non-hydrogen) atoms. The number of anilines is 2. The molecular weight excluding hydrogens is 440 g/mol. The Balaban J connectivity index is 1.35. The van der Waals surface area contributed by atoms with Crippen molar-refractivity contribution in [2.75, 3.05) is 36.5 Å². The number of hydrazone groups is 1. The fraction of sp³-hybridized carbons (Fsp3) is 0.179. The Morgan fingerprint density at radius 1 is 0.886 bits per heavy atom. The van der Waals surface area contributed by atoms with Gasteiger partial charge in [-0.05, 0) is 24.3 Å². The van der Waals surface area contributed by atoms with Crippen LogP contribution in [0.5, 0.6) is 0 Å². The number of carbonyl (C=O) groups is 1. The number of nitrogens with one attached hydrogen (secondary N) is 1. The lowest BCUT2D eigenvalue weighted by molar-refractivity contribution is -0.111. The number of benzene rings is 3. The van der Waals surface area contributed by atoms with Crippen molar-refractivity contribution in [2.45, 2.75) is 6.92 Å². The van der Waals surface area contributed by atoms with Crippen LogP contribution in [0.25, 0.3) is 22.3 Å². The van der Waals surface area contributed by atoms with E-state index in [0.29, 0.717) is 41.3 Å². The van der Waals surface area contributed by atoms with Crippen LogP contribution in [-0.2, 0) is 4.79 Å². The quantitative estimate of drug-likeness (QED) is 0.263. The summed E-state index contributed by atoms with van der Waals surface area (Å²) in [6.45, 7) is 4.53.